The number of amides is 1. The third-order valence-electron chi connectivity index (χ3n) is 3.40. The van der Waals surface area contributed by atoms with Gasteiger partial charge in [-0.3, -0.25) is 4.79 Å². The van der Waals surface area contributed by atoms with Gasteiger partial charge in [0.15, 0.2) is 5.17 Å². The number of amidine groups is 1. The van der Waals surface area contributed by atoms with Crippen molar-refractivity contribution in [2.24, 2.45) is 12.0 Å². The summed E-state index contributed by atoms with van der Waals surface area (Å²) in [5.74, 6) is -0.111. The Labute approximate surface area is 141 Å². The van der Waals surface area contributed by atoms with Crippen LogP contribution >= 0.6 is 27.7 Å². The molecule has 1 aromatic heterocycles. The minimum Gasteiger partial charge on any atom is -0.348 e. The van der Waals surface area contributed by atoms with Crippen LogP contribution in [0.1, 0.15) is 11.4 Å². The molecule has 1 fully saturated rings. The number of thioether (sulfide) groups is 1. The number of halogens is 1. The van der Waals surface area contributed by atoms with Crippen LogP contribution in [0.2, 0.25) is 0 Å². The normalized spacial score (nSPS) is 18.2. The van der Waals surface area contributed by atoms with Gasteiger partial charge in [0, 0.05) is 22.9 Å². The van der Waals surface area contributed by atoms with Crippen molar-refractivity contribution in [3.05, 3.63) is 57.2 Å². The highest BCUT2D eigenvalue weighted by atomic mass is 79.9. The van der Waals surface area contributed by atoms with Crippen molar-refractivity contribution < 1.29 is 4.79 Å². The summed E-state index contributed by atoms with van der Waals surface area (Å²) < 4.78 is 3.05. The summed E-state index contributed by atoms with van der Waals surface area (Å²) in [7, 11) is 1.98. The molecule has 0 aliphatic carbocycles. The molecule has 1 saturated heterocycles. The van der Waals surface area contributed by atoms with Gasteiger partial charge in [0.1, 0.15) is 0 Å². The summed E-state index contributed by atoms with van der Waals surface area (Å²) in [4.78, 5) is 17.2. The summed E-state index contributed by atoms with van der Waals surface area (Å²) in [5, 5.41) is 3.40. The van der Waals surface area contributed by atoms with E-state index < -0.39 is 0 Å². The molecular weight excluding hydrogens is 362 g/mol. The van der Waals surface area contributed by atoms with Gasteiger partial charge in [0.2, 0.25) is 0 Å². The Morgan fingerprint density at radius 1 is 1.23 bits per heavy atom. The zero-order chi connectivity index (χ0) is 15.7. The van der Waals surface area contributed by atoms with Gasteiger partial charge < -0.3 is 9.88 Å². The first kappa shape index (κ1) is 15.1. The molecule has 3 rings (SSSR count). The van der Waals surface area contributed by atoms with Crippen LogP contribution in [0.15, 0.2) is 50.8 Å². The Bertz CT molecular complexity index is 790. The maximum Gasteiger partial charge on any atom is 0.264 e. The van der Waals surface area contributed by atoms with E-state index >= 15 is 0 Å². The molecule has 1 amide bonds. The highest BCUT2D eigenvalue weighted by Gasteiger charge is 2.24. The number of benzene rings is 1. The van der Waals surface area contributed by atoms with Crippen molar-refractivity contribution in [3.63, 3.8) is 0 Å². The molecule has 1 N–H and O–H groups in total. The lowest BCUT2D eigenvalue weighted by Crippen LogP contribution is -2.19. The van der Waals surface area contributed by atoms with Crippen molar-refractivity contribution in [2.45, 2.75) is 6.92 Å². The summed E-state index contributed by atoms with van der Waals surface area (Å²) in [6.45, 7) is 2.03. The van der Waals surface area contributed by atoms with Gasteiger partial charge in [-0.2, -0.15) is 0 Å². The standard InChI is InChI=1S/C16H14BrN3OS/c1-10-3-8-13(20(10)2)9-14-15(21)19-16(22-14)18-12-6-4-11(17)5-7-12/h3-9H,1-2H3,(H,18,19,21)/b14-9-. The van der Waals surface area contributed by atoms with Gasteiger partial charge in [-0.1, -0.05) is 15.9 Å². The summed E-state index contributed by atoms with van der Waals surface area (Å²) >= 11 is 4.74. The molecule has 1 aliphatic rings. The highest BCUT2D eigenvalue weighted by molar-refractivity contribution is 9.10. The second-order valence-electron chi connectivity index (χ2n) is 4.92. The average Bonchev–Trinajstić information content (AvgIpc) is 2.99. The van der Waals surface area contributed by atoms with E-state index in [1.54, 1.807) is 0 Å². The van der Waals surface area contributed by atoms with Crippen molar-refractivity contribution in [1.82, 2.24) is 9.88 Å². The van der Waals surface area contributed by atoms with Crippen molar-refractivity contribution in [2.75, 3.05) is 0 Å². The van der Waals surface area contributed by atoms with Crippen LogP contribution in [0.4, 0.5) is 5.69 Å². The van der Waals surface area contributed by atoms with Gasteiger partial charge in [0.25, 0.3) is 5.91 Å². The molecule has 0 atom stereocenters. The maximum absolute atomic E-state index is 12.1. The summed E-state index contributed by atoms with van der Waals surface area (Å²) in [6, 6.07) is 11.7. The van der Waals surface area contributed by atoms with E-state index in [2.05, 4.69) is 26.2 Å². The van der Waals surface area contributed by atoms with Crippen LogP contribution in [0.25, 0.3) is 6.08 Å². The molecule has 2 heterocycles. The Morgan fingerprint density at radius 3 is 2.59 bits per heavy atom. The largest absolute Gasteiger partial charge is 0.348 e. The van der Waals surface area contributed by atoms with E-state index in [9.17, 15) is 4.79 Å². The average molecular weight is 376 g/mol. The van der Waals surface area contributed by atoms with Gasteiger partial charge in [-0.25, -0.2) is 4.99 Å². The summed E-state index contributed by atoms with van der Waals surface area (Å²) in [5.41, 5.74) is 2.96. The number of aliphatic imine (C=N–C) groups is 1. The van der Waals surface area contributed by atoms with Gasteiger partial charge in [0.05, 0.1) is 10.6 Å². The number of nitrogens with one attached hydrogen (secondary N) is 1. The maximum atomic E-state index is 12.1. The predicted octanol–water partition coefficient (Wildman–Crippen LogP) is 3.99. The fourth-order valence-electron chi connectivity index (χ4n) is 2.03. The lowest BCUT2D eigenvalue weighted by atomic mass is 10.3. The minimum atomic E-state index is -0.111. The smallest absolute Gasteiger partial charge is 0.264 e. The van der Waals surface area contributed by atoms with Crippen LogP contribution < -0.4 is 5.32 Å². The molecule has 112 valence electrons. The molecule has 0 bridgehead atoms. The topological polar surface area (TPSA) is 46.4 Å². The van der Waals surface area contributed by atoms with Crippen LogP contribution in [0, 0.1) is 6.92 Å². The van der Waals surface area contributed by atoms with Crippen LogP contribution in [0.3, 0.4) is 0 Å². The molecule has 0 radical (unpaired) electrons. The third kappa shape index (κ3) is 3.18. The van der Waals surface area contributed by atoms with E-state index in [1.165, 1.54) is 11.8 Å². The number of nitrogens with zero attached hydrogens (tertiary/aromatic N) is 2. The molecule has 0 spiro atoms. The number of hydrogen-bond acceptors (Lipinski definition) is 3. The number of carbonyl (C=O) groups excluding carboxylic acids is 1. The van der Waals surface area contributed by atoms with Crippen LogP contribution in [-0.4, -0.2) is 15.6 Å². The monoisotopic (exact) mass is 375 g/mol. The van der Waals surface area contributed by atoms with Crippen molar-refractivity contribution in [1.29, 1.82) is 0 Å². The summed E-state index contributed by atoms with van der Waals surface area (Å²) in [6.07, 6.45) is 1.89. The predicted molar refractivity (Wildman–Crippen MR) is 95.1 cm³/mol. The zero-order valence-electron chi connectivity index (χ0n) is 12.1. The molecule has 4 nitrogen and oxygen atoms in total. The molecule has 22 heavy (non-hydrogen) atoms. The van der Waals surface area contributed by atoms with Gasteiger partial charge in [-0.15, -0.1) is 0 Å². The number of rotatable bonds is 2. The number of carbonyl (C=O) groups is 1. The first-order valence-electron chi connectivity index (χ1n) is 6.70. The Morgan fingerprint density at radius 2 is 1.95 bits per heavy atom. The van der Waals surface area contributed by atoms with E-state index in [-0.39, 0.29) is 5.91 Å². The van der Waals surface area contributed by atoms with E-state index in [1.807, 2.05) is 61.0 Å². The Balaban J connectivity index is 1.84. The molecule has 1 aromatic carbocycles. The lowest BCUT2D eigenvalue weighted by molar-refractivity contribution is -0.115. The SMILES string of the molecule is Cc1ccc(/C=C2\SC(=Nc3ccc(Br)cc3)NC2=O)n1C. The second-order valence-corrected chi connectivity index (χ2v) is 6.86. The fraction of sp³-hybridized carbons (Fsp3) is 0.125. The number of hydrogen-bond donors (Lipinski definition) is 1. The molecule has 2 aromatic rings. The first-order valence-corrected chi connectivity index (χ1v) is 8.31. The minimum absolute atomic E-state index is 0.111. The van der Waals surface area contributed by atoms with E-state index in [0.717, 1.165) is 21.5 Å². The van der Waals surface area contributed by atoms with Crippen molar-refractivity contribution in [3.8, 4) is 0 Å². The molecule has 0 saturated carbocycles. The van der Waals surface area contributed by atoms with E-state index in [0.29, 0.717) is 10.1 Å². The van der Waals surface area contributed by atoms with Gasteiger partial charge >= 0.3 is 0 Å². The molecule has 6 heteroatoms. The Hall–Kier alpha value is -1.79. The van der Waals surface area contributed by atoms with Gasteiger partial charge in [-0.05, 0) is 61.2 Å². The molecular formula is C16H14BrN3OS. The first-order chi connectivity index (χ1) is 10.5. The quantitative estimate of drug-likeness (QED) is 0.806. The fourth-order valence-corrected chi connectivity index (χ4v) is 3.12. The molecule has 0 unspecified atom stereocenters. The number of aryl methyl sites for hydroxylation is 1. The van der Waals surface area contributed by atoms with Crippen LogP contribution in [0.5, 0.6) is 0 Å². The molecule has 1 aliphatic heterocycles. The third-order valence-corrected chi connectivity index (χ3v) is 4.84. The lowest BCUT2D eigenvalue weighted by Gasteiger charge is -2.00. The van der Waals surface area contributed by atoms with Crippen LogP contribution in [-0.2, 0) is 11.8 Å². The Kier molecular flexibility index (Phi) is 4.22. The van der Waals surface area contributed by atoms with E-state index in [4.69, 9.17) is 0 Å². The number of aromatic nitrogens is 1. The van der Waals surface area contributed by atoms with Crippen molar-refractivity contribution >= 4 is 50.5 Å². The second kappa shape index (κ2) is 6.14. The highest BCUT2D eigenvalue weighted by Crippen LogP contribution is 2.28. The zero-order valence-corrected chi connectivity index (χ0v) is 14.5.